The molecule has 0 unspecified atom stereocenters. The Labute approximate surface area is 106 Å². The van der Waals surface area contributed by atoms with Gasteiger partial charge >= 0.3 is 0 Å². The normalized spacial score (nSPS) is 15.8. The van der Waals surface area contributed by atoms with Crippen molar-refractivity contribution < 1.29 is 14.3 Å². The molecule has 18 heavy (non-hydrogen) atoms. The van der Waals surface area contributed by atoms with Crippen LogP contribution in [-0.2, 0) is 16.1 Å². The minimum Gasteiger partial charge on any atom is -0.491 e. The van der Waals surface area contributed by atoms with Crippen LogP contribution in [0.4, 0.5) is 0 Å². The van der Waals surface area contributed by atoms with Crippen molar-refractivity contribution in [2.24, 2.45) is 5.73 Å². The Morgan fingerprint density at radius 1 is 1.39 bits per heavy atom. The fourth-order valence-electron chi connectivity index (χ4n) is 1.87. The van der Waals surface area contributed by atoms with Gasteiger partial charge in [-0.1, -0.05) is 18.2 Å². The molecule has 0 radical (unpaired) electrons. The summed E-state index contributed by atoms with van der Waals surface area (Å²) in [5.74, 6) is 0.817. The van der Waals surface area contributed by atoms with Gasteiger partial charge in [-0.05, 0) is 6.07 Å². The van der Waals surface area contributed by atoms with Crippen LogP contribution < -0.4 is 10.5 Å². The lowest BCUT2D eigenvalue weighted by molar-refractivity contribution is -0.143. The van der Waals surface area contributed by atoms with E-state index in [0.29, 0.717) is 32.8 Å². The summed E-state index contributed by atoms with van der Waals surface area (Å²) >= 11 is 0. The third kappa shape index (κ3) is 3.21. The van der Waals surface area contributed by atoms with Crippen molar-refractivity contribution in [2.45, 2.75) is 6.54 Å². The first-order valence-corrected chi connectivity index (χ1v) is 6.07. The highest BCUT2D eigenvalue weighted by molar-refractivity contribution is 5.77. The van der Waals surface area contributed by atoms with E-state index in [0.717, 1.165) is 11.3 Å². The van der Waals surface area contributed by atoms with Crippen molar-refractivity contribution in [3.8, 4) is 5.75 Å². The number of rotatable bonds is 5. The van der Waals surface area contributed by atoms with Gasteiger partial charge in [0, 0.05) is 18.7 Å². The minimum absolute atomic E-state index is 0.0250. The summed E-state index contributed by atoms with van der Waals surface area (Å²) in [6.45, 7) is 2.93. The molecule has 1 amide bonds. The molecule has 1 saturated heterocycles. The highest BCUT2D eigenvalue weighted by Gasteiger charge is 2.17. The summed E-state index contributed by atoms with van der Waals surface area (Å²) in [7, 11) is 0. The van der Waals surface area contributed by atoms with E-state index in [-0.39, 0.29) is 12.5 Å². The van der Waals surface area contributed by atoms with Crippen LogP contribution in [0.2, 0.25) is 0 Å². The van der Waals surface area contributed by atoms with E-state index >= 15 is 0 Å². The molecule has 0 bridgehead atoms. The second-order valence-corrected chi connectivity index (χ2v) is 4.09. The number of amides is 1. The Hall–Kier alpha value is -1.59. The van der Waals surface area contributed by atoms with E-state index in [1.165, 1.54) is 0 Å². The van der Waals surface area contributed by atoms with Crippen LogP contribution in [0, 0.1) is 0 Å². The van der Waals surface area contributed by atoms with Gasteiger partial charge in [-0.3, -0.25) is 4.79 Å². The summed E-state index contributed by atoms with van der Waals surface area (Å²) < 4.78 is 10.7. The van der Waals surface area contributed by atoms with Crippen LogP contribution in [0.25, 0.3) is 0 Å². The van der Waals surface area contributed by atoms with E-state index in [4.69, 9.17) is 15.2 Å². The molecule has 1 aromatic carbocycles. The molecule has 0 aromatic heterocycles. The second-order valence-electron chi connectivity index (χ2n) is 4.09. The molecule has 0 saturated carbocycles. The van der Waals surface area contributed by atoms with E-state index in [1.807, 2.05) is 24.3 Å². The maximum Gasteiger partial charge on any atom is 0.248 e. The first-order valence-electron chi connectivity index (χ1n) is 6.07. The molecule has 1 heterocycles. The number of para-hydroxylation sites is 1. The zero-order chi connectivity index (χ0) is 12.8. The molecule has 0 spiro atoms. The number of nitrogens with zero attached hydrogens (tertiary/aromatic N) is 1. The predicted molar refractivity (Wildman–Crippen MR) is 67.2 cm³/mol. The Balaban J connectivity index is 1.82. The molecule has 98 valence electrons. The van der Waals surface area contributed by atoms with E-state index in [9.17, 15) is 4.79 Å². The Morgan fingerprint density at radius 3 is 3.00 bits per heavy atom. The van der Waals surface area contributed by atoms with E-state index in [2.05, 4.69) is 0 Å². The van der Waals surface area contributed by atoms with Gasteiger partial charge in [0.1, 0.15) is 19.0 Å². The number of carbonyl (C=O) groups excluding carboxylic acids is 1. The molecule has 2 N–H and O–H groups in total. The number of carbonyl (C=O) groups is 1. The summed E-state index contributed by atoms with van der Waals surface area (Å²) in [5, 5.41) is 0. The molecule has 1 aliphatic rings. The van der Waals surface area contributed by atoms with Gasteiger partial charge < -0.3 is 20.1 Å². The van der Waals surface area contributed by atoms with Crippen LogP contribution in [0.5, 0.6) is 5.75 Å². The Morgan fingerprint density at radius 2 is 2.22 bits per heavy atom. The molecular weight excluding hydrogens is 232 g/mol. The van der Waals surface area contributed by atoms with Crippen LogP contribution in [0.3, 0.4) is 0 Å². The van der Waals surface area contributed by atoms with Crippen molar-refractivity contribution >= 4 is 5.91 Å². The zero-order valence-electron chi connectivity index (χ0n) is 10.3. The number of benzene rings is 1. The maximum absolute atomic E-state index is 11.5. The molecular formula is C13H18N2O3. The SMILES string of the molecule is NCc1ccccc1OCCN1CCOCC1=O. The van der Waals surface area contributed by atoms with Gasteiger partial charge in [-0.25, -0.2) is 0 Å². The number of nitrogens with two attached hydrogens (primary N) is 1. The van der Waals surface area contributed by atoms with Crippen molar-refractivity contribution in [1.82, 2.24) is 4.90 Å². The van der Waals surface area contributed by atoms with Crippen molar-refractivity contribution in [2.75, 3.05) is 32.9 Å². The van der Waals surface area contributed by atoms with Gasteiger partial charge in [0.15, 0.2) is 0 Å². The third-order valence-electron chi connectivity index (χ3n) is 2.90. The van der Waals surface area contributed by atoms with Crippen LogP contribution >= 0.6 is 0 Å². The number of hydrogen-bond donors (Lipinski definition) is 1. The number of hydrogen-bond acceptors (Lipinski definition) is 4. The van der Waals surface area contributed by atoms with Crippen LogP contribution in [0.1, 0.15) is 5.56 Å². The van der Waals surface area contributed by atoms with Gasteiger partial charge in [0.25, 0.3) is 0 Å². The lowest BCUT2D eigenvalue weighted by atomic mass is 10.2. The minimum atomic E-state index is 0.0250. The van der Waals surface area contributed by atoms with Crippen LogP contribution in [-0.4, -0.2) is 43.7 Å². The molecule has 2 rings (SSSR count). The molecule has 5 heteroatoms. The van der Waals surface area contributed by atoms with E-state index in [1.54, 1.807) is 4.90 Å². The van der Waals surface area contributed by atoms with Gasteiger partial charge in [-0.15, -0.1) is 0 Å². The number of morpholine rings is 1. The lowest BCUT2D eigenvalue weighted by Crippen LogP contribution is -2.43. The monoisotopic (exact) mass is 250 g/mol. The van der Waals surface area contributed by atoms with Crippen molar-refractivity contribution in [3.63, 3.8) is 0 Å². The average Bonchev–Trinajstić information content (AvgIpc) is 2.41. The average molecular weight is 250 g/mol. The predicted octanol–water partition coefficient (Wildman–Crippen LogP) is 0.383. The summed E-state index contributed by atoms with van der Waals surface area (Å²) in [4.78, 5) is 13.2. The van der Waals surface area contributed by atoms with E-state index < -0.39 is 0 Å². The number of ether oxygens (including phenoxy) is 2. The third-order valence-corrected chi connectivity index (χ3v) is 2.90. The fraction of sp³-hybridized carbons (Fsp3) is 0.462. The van der Waals surface area contributed by atoms with Crippen molar-refractivity contribution in [1.29, 1.82) is 0 Å². The molecule has 1 fully saturated rings. The zero-order valence-corrected chi connectivity index (χ0v) is 10.3. The van der Waals surface area contributed by atoms with Gasteiger partial charge in [0.2, 0.25) is 5.91 Å². The molecule has 0 aliphatic carbocycles. The summed E-state index contributed by atoms with van der Waals surface area (Å²) in [5.41, 5.74) is 6.60. The van der Waals surface area contributed by atoms with Gasteiger partial charge in [-0.2, -0.15) is 0 Å². The molecule has 1 aliphatic heterocycles. The molecule has 0 atom stereocenters. The highest BCUT2D eigenvalue weighted by Crippen LogP contribution is 2.16. The fourth-order valence-corrected chi connectivity index (χ4v) is 1.87. The Bertz CT molecular complexity index is 409. The standard InChI is InChI=1S/C13H18N2O3/c14-9-11-3-1-2-4-12(11)18-8-6-15-5-7-17-10-13(15)16/h1-4H,5-10,14H2. The quantitative estimate of drug-likeness (QED) is 0.820. The second kappa shape index (κ2) is 6.37. The summed E-state index contributed by atoms with van der Waals surface area (Å²) in [6, 6.07) is 7.67. The van der Waals surface area contributed by atoms with Crippen molar-refractivity contribution in [3.05, 3.63) is 29.8 Å². The smallest absolute Gasteiger partial charge is 0.248 e. The largest absolute Gasteiger partial charge is 0.491 e. The molecule has 5 nitrogen and oxygen atoms in total. The lowest BCUT2D eigenvalue weighted by Gasteiger charge is -2.26. The maximum atomic E-state index is 11.5. The first-order chi connectivity index (χ1) is 8.81. The topological polar surface area (TPSA) is 64.8 Å². The Kier molecular flexibility index (Phi) is 4.55. The summed E-state index contributed by atoms with van der Waals surface area (Å²) in [6.07, 6.45) is 0. The van der Waals surface area contributed by atoms with Crippen LogP contribution in [0.15, 0.2) is 24.3 Å². The first kappa shape index (κ1) is 12.9. The van der Waals surface area contributed by atoms with Gasteiger partial charge in [0.05, 0.1) is 13.2 Å². The molecule has 1 aromatic rings. The highest BCUT2D eigenvalue weighted by atomic mass is 16.5.